The zero-order valence-electron chi connectivity index (χ0n) is 7.35. The third-order valence-corrected chi connectivity index (χ3v) is 1.37. The van der Waals surface area contributed by atoms with E-state index in [1.807, 2.05) is 6.07 Å². The van der Waals surface area contributed by atoms with Crippen molar-refractivity contribution in [3.05, 3.63) is 11.9 Å². The van der Waals surface area contributed by atoms with Gasteiger partial charge in [0.1, 0.15) is 6.04 Å². The van der Waals surface area contributed by atoms with E-state index in [1.165, 1.54) is 11.0 Å². The Bertz CT molecular complexity index is 350. The van der Waals surface area contributed by atoms with Crippen molar-refractivity contribution < 1.29 is 4.79 Å². The van der Waals surface area contributed by atoms with Crippen molar-refractivity contribution >= 4 is 5.91 Å². The van der Waals surface area contributed by atoms with Crippen LogP contribution in [-0.2, 0) is 7.05 Å². The minimum Gasteiger partial charge on any atom is -0.335 e. The van der Waals surface area contributed by atoms with Crippen molar-refractivity contribution in [2.24, 2.45) is 7.05 Å². The number of amides is 1. The highest BCUT2D eigenvalue weighted by Gasteiger charge is 2.11. The normalized spacial score (nSPS) is 11.8. The molecule has 68 valence electrons. The summed E-state index contributed by atoms with van der Waals surface area (Å²) in [4.78, 5) is 12.5. The second-order valence-corrected chi connectivity index (χ2v) is 2.54. The van der Waals surface area contributed by atoms with E-state index in [4.69, 9.17) is 5.26 Å². The summed E-state index contributed by atoms with van der Waals surface area (Å²) in [6.07, 6.45) is 1.35. The molecule has 1 aromatic heterocycles. The van der Waals surface area contributed by atoms with Crippen LogP contribution >= 0.6 is 0 Å². The van der Waals surface area contributed by atoms with E-state index in [0.29, 0.717) is 0 Å². The highest BCUT2D eigenvalue weighted by molar-refractivity contribution is 5.92. The summed E-state index contributed by atoms with van der Waals surface area (Å²) in [5.74, 6) is -0.387. The van der Waals surface area contributed by atoms with E-state index in [0.717, 1.165) is 0 Å². The van der Waals surface area contributed by atoms with Crippen LogP contribution in [0.3, 0.4) is 0 Å². The van der Waals surface area contributed by atoms with Crippen molar-refractivity contribution in [2.75, 3.05) is 0 Å². The first kappa shape index (κ1) is 9.19. The van der Waals surface area contributed by atoms with Gasteiger partial charge in [0, 0.05) is 7.05 Å². The molecule has 6 nitrogen and oxygen atoms in total. The zero-order valence-corrected chi connectivity index (χ0v) is 7.35. The minimum atomic E-state index is -0.519. The number of aromatic nitrogens is 3. The molecular weight excluding hydrogens is 170 g/mol. The molecule has 0 fully saturated rings. The molecule has 0 saturated heterocycles. The predicted molar refractivity (Wildman–Crippen MR) is 43.5 cm³/mol. The van der Waals surface area contributed by atoms with Gasteiger partial charge in [-0.25, -0.2) is 0 Å². The number of aryl methyl sites for hydroxylation is 1. The molecule has 1 amide bonds. The standard InChI is InChI=1S/C7H9N5O/c1-5(3-8)10-7(13)6-4-9-12(2)11-6/h4-5H,1-2H3,(H,10,13)/t5-/m0/s1. The van der Waals surface area contributed by atoms with Crippen LogP contribution in [0.15, 0.2) is 6.20 Å². The van der Waals surface area contributed by atoms with Crippen molar-refractivity contribution in [1.29, 1.82) is 5.26 Å². The van der Waals surface area contributed by atoms with Gasteiger partial charge in [0.05, 0.1) is 12.3 Å². The minimum absolute atomic E-state index is 0.213. The van der Waals surface area contributed by atoms with Crippen molar-refractivity contribution in [1.82, 2.24) is 20.3 Å². The quantitative estimate of drug-likeness (QED) is 0.660. The van der Waals surface area contributed by atoms with Crippen LogP contribution < -0.4 is 5.32 Å². The van der Waals surface area contributed by atoms with Gasteiger partial charge in [0.25, 0.3) is 5.91 Å². The lowest BCUT2D eigenvalue weighted by Crippen LogP contribution is -2.31. The second kappa shape index (κ2) is 3.67. The number of nitrogens with one attached hydrogen (secondary N) is 1. The summed E-state index contributed by atoms with van der Waals surface area (Å²) in [5, 5.41) is 18.4. The molecule has 0 aromatic carbocycles. The van der Waals surface area contributed by atoms with Crippen LogP contribution in [-0.4, -0.2) is 26.9 Å². The molecule has 0 radical (unpaired) electrons. The Morgan fingerprint density at radius 1 is 1.85 bits per heavy atom. The van der Waals surface area contributed by atoms with E-state index in [-0.39, 0.29) is 11.6 Å². The van der Waals surface area contributed by atoms with Gasteiger partial charge in [-0.3, -0.25) is 4.79 Å². The SMILES string of the molecule is C[C@@H](C#N)NC(=O)c1cnn(C)n1. The van der Waals surface area contributed by atoms with Crippen molar-refractivity contribution in [3.8, 4) is 6.07 Å². The van der Waals surface area contributed by atoms with Gasteiger partial charge < -0.3 is 5.32 Å². The number of hydrogen-bond donors (Lipinski definition) is 1. The molecule has 1 N–H and O–H groups in total. The van der Waals surface area contributed by atoms with Gasteiger partial charge in [0.2, 0.25) is 0 Å². The molecule has 0 aliphatic rings. The smallest absolute Gasteiger partial charge is 0.274 e. The first-order valence-corrected chi connectivity index (χ1v) is 3.70. The maximum absolute atomic E-state index is 11.2. The molecule has 0 aliphatic heterocycles. The van der Waals surface area contributed by atoms with Gasteiger partial charge in [-0.05, 0) is 6.92 Å². The maximum atomic E-state index is 11.2. The zero-order chi connectivity index (χ0) is 9.84. The topological polar surface area (TPSA) is 83.6 Å². The first-order chi connectivity index (χ1) is 6.13. The molecule has 1 atom stereocenters. The lowest BCUT2D eigenvalue weighted by Gasteiger charge is -2.02. The van der Waals surface area contributed by atoms with E-state index in [9.17, 15) is 4.79 Å². The Morgan fingerprint density at radius 2 is 2.54 bits per heavy atom. The average Bonchev–Trinajstić information content (AvgIpc) is 2.51. The number of rotatable bonds is 2. The van der Waals surface area contributed by atoms with E-state index < -0.39 is 6.04 Å². The van der Waals surface area contributed by atoms with Gasteiger partial charge in [-0.1, -0.05) is 0 Å². The number of carbonyl (C=O) groups is 1. The first-order valence-electron chi connectivity index (χ1n) is 3.70. The molecule has 13 heavy (non-hydrogen) atoms. The van der Waals surface area contributed by atoms with E-state index in [1.54, 1.807) is 14.0 Å². The molecule has 0 saturated carbocycles. The van der Waals surface area contributed by atoms with Crippen molar-refractivity contribution in [2.45, 2.75) is 13.0 Å². The number of hydrogen-bond acceptors (Lipinski definition) is 4. The maximum Gasteiger partial charge on any atom is 0.274 e. The molecule has 0 unspecified atom stereocenters. The highest BCUT2D eigenvalue weighted by atomic mass is 16.2. The molecule has 1 heterocycles. The van der Waals surface area contributed by atoms with E-state index in [2.05, 4.69) is 15.5 Å². The van der Waals surface area contributed by atoms with Crippen LogP contribution in [0.25, 0.3) is 0 Å². The predicted octanol–water partition coefficient (Wildman–Crippen LogP) is -0.543. The highest BCUT2D eigenvalue weighted by Crippen LogP contribution is 1.91. The second-order valence-electron chi connectivity index (χ2n) is 2.54. The van der Waals surface area contributed by atoms with E-state index >= 15 is 0 Å². The Labute approximate surface area is 75.2 Å². The summed E-state index contributed by atoms with van der Waals surface area (Å²) >= 11 is 0. The third kappa shape index (κ3) is 2.27. The summed E-state index contributed by atoms with van der Waals surface area (Å²) in [7, 11) is 1.62. The fourth-order valence-corrected chi connectivity index (χ4v) is 0.753. The Kier molecular flexibility index (Phi) is 2.59. The summed E-state index contributed by atoms with van der Waals surface area (Å²) < 4.78 is 0. The molecule has 0 aliphatic carbocycles. The van der Waals surface area contributed by atoms with Crippen LogP contribution in [0.1, 0.15) is 17.4 Å². The van der Waals surface area contributed by atoms with Gasteiger partial charge in [-0.15, -0.1) is 5.10 Å². The monoisotopic (exact) mass is 179 g/mol. The van der Waals surface area contributed by atoms with Crippen LogP contribution in [0.2, 0.25) is 0 Å². The molecule has 0 spiro atoms. The van der Waals surface area contributed by atoms with Gasteiger partial charge in [-0.2, -0.15) is 15.2 Å². The van der Waals surface area contributed by atoms with Crippen LogP contribution in [0.4, 0.5) is 0 Å². The number of nitrogens with zero attached hydrogens (tertiary/aromatic N) is 4. The summed E-state index contributed by atoms with van der Waals surface area (Å²) in [5.41, 5.74) is 0.213. The Balaban J connectivity index is 2.65. The largest absolute Gasteiger partial charge is 0.335 e. The lowest BCUT2D eigenvalue weighted by atomic mass is 10.3. The summed E-state index contributed by atoms with van der Waals surface area (Å²) in [6, 6.07) is 1.37. The molecular formula is C7H9N5O. The van der Waals surface area contributed by atoms with Crippen LogP contribution in [0, 0.1) is 11.3 Å². The molecule has 1 aromatic rings. The Morgan fingerprint density at radius 3 is 3.00 bits per heavy atom. The lowest BCUT2D eigenvalue weighted by molar-refractivity contribution is 0.0942. The molecule has 6 heteroatoms. The Hall–Kier alpha value is -1.90. The number of carbonyl (C=O) groups excluding carboxylic acids is 1. The fraction of sp³-hybridized carbons (Fsp3) is 0.429. The van der Waals surface area contributed by atoms with Gasteiger partial charge >= 0.3 is 0 Å². The summed E-state index contributed by atoms with van der Waals surface area (Å²) in [6.45, 7) is 1.59. The van der Waals surface area contributed by atoms with Crippen LogP contribution in [0.5, 0.6) is 0 Å². The van der Waals surface area contributed by atoms with Crippen molar-refractivity contribution in [3.63, 3.8) is 0 Å². The third-order valence-electron chi connectivity index (χ3n) is 1.37. The van der Waals surface area contributed by atoms with Gasteiger partial charge in [0.15, 0.2) is 5.69 Å². The molecule has 0 bridgehead atoms. The fourth-order valence-electron chi connectivity index (χ4n) is 0.753. The average molecular weight is 179 g/mol. The molecule has 1 rings (SSSR count). The number of nitriles is 1.